The van der Waals surface area contributed by atoms with Crippen LogP contribution in [0.3, 0.4) is 0 Å². The SMILES string of the molecule is COc1ccc(CN(C)Cc2cc(-c3ccc(Cl)cc3)no2)cc1OC. The quantitative estimate of drug-likeness (QED) is 0.604. The zero-order valence-corrected chi connectivity index (χ0v) is 15.8. The van der Waals surface area contributed by atoms with Gasteiger partial charge in [-0.3, -0.25) is 4.90 Å². The van der Waals surface area contributed by atoms with Crippen molar-refractivity contribution in [3.63, 3.8) is 0 Å². The third-order valence-corrected chi connectivity index (χ3v) is 4.28. The summed E-state index contributed by atoms with van der Waals surface area (Å²) < 4.78 is 16.1. The van der Waals surface area contributed by atoms with Gasteiger partial charge in [0.05, 0.1) is 20.8 Å². The molecule has 0 aliphatic carbocycles. The van der Waals surface area contributed by atoms with Crippen molar-refractivity contribution in [2.75, 3.05) is 21.3 Å². The number of rotatable bonds is 7. The van der Waals surface area contributed by atoms with Crippen molar-refractivity contribution in [2.24, 2.45) is 0 Å². The van der Waals surface area contributed by atoms with Gasteiger partial charge in [-0.15, -0.1) is 0 Å². The van der Waals surface area contributed by atoms with Gasteiger partial charge in [-0.1, -0.05) is 35.0 Å². The number of hydrogen-bond donors (Lipinski definition) is 0. The van der Waals surface area contributed by atoms with Gasteiger partial charge in [-0.2, -0.15) is 0 Å². The molecule has 0 N–H and O–H groups in total. The molecule has 0 unspecified atom stereocenters. The van der Waals surface area contributed by atoms with Crippen molar-refractivity contribution in [3.05, 3.63) is 64.9 Å². The van der Waals surface area contributed by atoms with Crippen LogP contribution >= 0.6 is 11.6 Å². The third kappa shape index (κ3) is 4.36. The van der Waals surface area contributed by atoms with Gasteiger partial charge in [0.25, 0.3) is 0 Å². The van der Waals surface area contributed by atoms with E-state index in [1.165, 1.54) is 0 Å². The lowest BCUT2D eigenvalue weighted by Crippen LogP contribution is -2.16. The van der Waals surface area contributed by atoms with Crippen LogP contribution in [0.1, 0.15) is 11.3 Å². The minimum absolute atomic E-state index is 0.648. The van der Waals surface area contributed by atoms with E-state index in [0.29, 0.717) is 11.6 Å². The Hall–Kier alpha value is -2.50. The Morgan fingerprint density at radius 1 is 0.962 bits per heavy atom. The molecule has 6 heteroatoms. The fraction of sp³-hybridized carbons (Fsp3) is 0.250. The zero-order valence-electron chi connectivity index (χ0n) is 15.0. The van der Waals surface area contributed by atoms with E-state index in [9.17, 15) is 0 Å². The van der Waals surface area contributed by atoms with E-state index in [-0.39, 0.29) is 0 Å². The van der Waals surface area contributed by atoms with Gasteiger partial charge in [-0.25, -0.2) is 0 Å². The van der Waals surface area contributed by atoms with Crippen LogP contribution in [0.2, 0.25) is 5.02 Å². The van der Waals surface area contributed by atoms with Crippen LogP contribution in [0.15, 0.2) is 53.1 Å². The molecule has 3 rings (SSSR count). The predicted octanol–water partition coefficient (Wildman–Crippen LogP) is 4.64. The minimum Gasteiger partial charge on any atom is -0.493 e. The second-order valence-electron chi connectivity index (χ2n) is 6.05. The van der Waals surface area contributed by atoms with Crippen LogP contribution in [-0.2, 0) is 13.1 Å². The molecule has 0 saturated heterocycles. The van der Waals surface area contributed by atoms with Gasteiger partial charge in [0, 0.05) is 23.2 Å². The van der Waals surface area contributed by atoms with Crippen molar-refractivity contribution in [1.29, 1.82) is 0 Å². The van der Waals surface area contributed by atoms with Gasteiger partial charge in [-0.05, 0) is 36.9 Å². The summed E-state index contributed by atoms with van der Waals surface area (Å²) in [6, 6.07) is 15.4. The number of halogens is 1. The van der Waals surface area contributed by atoms with E-state index >= 15 is 0 Å². The van der Waals surface area contributed by atoms with Crippen LogP contribution in [0.25, 0.3) is 11.3 Å². The highest BCUT2D eigenvalue weighted by Gasteiger charge is 2.11. The number of aromatic nitrogens is 1. The summed E-state index contributed by atoms with van der Waals surface area (Å²) in [5, 5.41) is 4.85. The van der Waals surface area contributed by atoms with Crippen molar-refractivity contribution < 1.29 is 14.0 Å². The lowest BCUT2D eigenvalue weighted by atomic mass is 10.1. The van der Waals surface area contributed by atoms with Crippen molar-refractivity contribution in [1.82, 2.24) is 10.1 Å². The van der Waals surface area contributed by atoms with E-state index in [0.717, 1.165) is 40.6 Å². The monoisotopic (exact) mass is 372 g/mol. The minimum atomic E-state index is 0.648. The molecule has 136 valence electrons. The Morgan fingerprint density at radius 2 is 1.69 bits per heavy atom. The molecule has 0 bridgehead atoms. The van der Waals surface area contributed by atoms with E-state index in [4.69, 9.17) is 25.6 Å². The van der Waals surface area contributed by atoms with E-state index in [1.807, 2.05) is 55.6 Å². The topological polar surface area (TPSA) is 47.7 Å². The lowest BCUT2D eigenvalue weighted by molar-refractivity contribution is 0.266. The molecule has 0 fully saturated rings. The molecular weight excluding hydrogens is 352 g/mol. The molecule has 1 aromatic heterocycles. The normalized spacial score (nSPS) is 11.0. The summed E-state index contributed by atoms with van der Waals surface area (Å²) in [6.07, 6.45) is 0. The Balaban J connectivity index is 1.65. The summed E-state index contributed by atoms with van der Waals surface area (Å²) in [7, 11) is 5.30. The van der Waals surface area contributed by atoms with Crippen LogP contribution in [0.5, 0.6) is 11.5 Å². The highest BCUT2D eigenvalue weighted by Crippen LogP contribution is 2.28. The number of benzene rings is 2. The molecule has 3 aromatic rings. The van der Waals surface area contributed by atoms with Crippen molar-refractivity contribution in [2.45, 2.75) is 13.1 Å². The molecule has 0 spiro atoms. The first kappa shape index (κ1) is 18.3. The maximum absolute atomic E-state index is 5.92. The molecule has 0 aliphatic heterocycles. The fourth-order valence-corrected chi connectivity index (χ4v) is 2.88. The van der Waals surface area contributed by atoms with E-state index < -0.39 is 0 Å². The van der Waals surface area contributed by atoms with Crippen LogP contribution in [0.4, 0.5) is 0 Å². The average molecular weight is 373 g/mol. The maximum atomic E-state index is 5.92. The molecule has 26 heavy (non-hydrogen) atoms. The second kappa shape index (κ2) is 8.25. The van der Waals surface area contributed by atoms with E-state index in [2.05, 4.69) is 10.1 Å². The Bertz CT molecular complexity index is 862. The standard InChI is InChI=1S/C20H21ClN2O3/c1-23(12-14-4-9-19(24-2)20(10-14)25-3)13-17-11-18(22-26-17)15-5-7-16(21)8-6-15/h4-11H,12-13H2,1-3H3. The Morgan fingerprint density at radius 3 is 2.38 bits per heavy atom. The molecule has 2 aromatic carbocycles. The van der Waals surface area contributed by atoms with Crippen molar-refractivity contribution in [3.8, 4) is 22.8 Å². The second-order valence-corrected chi connectivity index (χ2v) is 6.48. The molecule has 0 radical (unpaired) electrons. The van der Waals surface area contributed by atoms with Crippen LogP contribution in [0, 0.1) is 0 Å². The molecule has 0 atom stereocenters. The number of hydrogen-bond acceptors (Lipinski definition) is 5. The molecule has 5 nitrogen and oxygen atoms in total. The summed E-state index contributed by atoms with van der Waals surface area (Å²) in [4.78, 5) is 2.15. The highest BCUT2D eigenvalue weighted by molar-refractivity contribution is 6.30. The first-order chi connectivity index (χ1) is 12.6. The number of ether oxygens (including phenoxy) is 2. The third-order valence-electron chi connectivity index (χ3n) is 4.03. The molecule has 0 aliphatic rings. The maximum Gasteiger partial charge on any atom is 0.161 e. The summed E-state index contributed by atoms with van der Waals surface area (Å²) in [5.74, 6) is 2.25. The predicted molar refractivity (Wildman–Crippen MR) is 102 cm³/mol. The zero-order chi connectivity index (χ0) is 18.5. The average Bonchev–Trinajstić information content (AvgIpc) is 3.10. The Labute approximate surface area is 158 Å². The summed E-state index contributed by atoms with van der Waals surface area (Å²) in [6.45, 7) is 1.40. The molecule has 0 saturated carbocycles. The van der Waals surface area contributed by atoms with Gasteiger partial charge in [0.15, 0.2) is 17.3 Å². The summed E-state index contributed by atoms with van der Waals surface area (Å²) >= 11 is 5.92. The van der Waals surface area contributed by atoms with Crippen molar-refractivity contribution >= 4 is 11.6 Å². The first-order valence-corrected chi connectivity index (χ1v) is 8.58. The molecule has 0 amide bonds. The lowest BCUT2D eigenvalue weighted by Gasteiger charge is -2.16. The van der Waals surface area contributed by atoms with Gasteiger partial charge < -0.3 is 14.0 Å². The first-order valence-electron chi connectivity index (χ1n) is 8.20. The number of methoxy groups -OCH3 is 2. The summed E-state index contributed by atoms with van der Waals surface area (Å²) in [5.41, 5.74) is 2.91. The molecule has 1 heterocycles. The van der Waals surface area contributed by atoms with Crippen LogP contribution in [-0.4, -0.2) is 31.3 Å². The fourth-order valence-electron chi connectivity index (χ4n) is 2.76. The smallest absolute Gasteiger partial charge is 0.161 e. The number of nitrogens with zero attached hydrogens (tertiary/aromatic N) is 2. The largest absolute Gasteiger partial charge is 0.493 e. The highest BCUT2D eigenvalue weighted by atomic mass is 35.5. The van der Waals surface area contributed by atoms with Gasteiger partial charge in [0.2, 0.25) is 0 Å². The van der Waals surface area contributed by atoms with Gasteiger partial charge in [0.1, 0.15) is 5.69 Å². The van der Waals surface area contributed by atoms with E-state index in [1.54, 1.807) is 14.2 Å². The molecular formula is C20H21ClN2O3. The van der Waals surface area contributed by atoms with Crippen LogP contribution < -0.4 is 9.47 Å². The Kier molecular flexibility index (Phi) is 5.81. The van der Waals surface area contributed by atoms with Gasteiger partial charge >= 0.3 is 0 Å².